The molecule has 0 saturated carbocycles. The summed E-state index contributed by atoms with van der Waals surface area (Å²) in [7, 11) is 0. The summed E-state index contributed by atoms with van der Waals surface area (Å²) in [4.78, 5) is 44.0. The molecule has 1 aromatic heterocycles. The number of fused-ring (bicyclic) bond motifs is 1. The van der Waals surface area contributed by atoms with Crippen LogP contribution in [0.5, 0.6) is 0 Å². The van der Waals surface area contributed by atoms with E-state index in [1.807, 2.05) is 41.3 Å². The van der Waals surface area contributed by atoms with E-state index in [1.165, 1.54) is 13.0 Å². The Kier molecular flexibility index (Phi) is 7.15. The Bertz CT molecular complexity index is 1220. The van der Waals surface area contributed by atoms with Gasteiger partial charge in [0, 0.05) is 49.2 Å². The highest BCUT2D eigenvalue weighted by molar-refractivity contribution is 5.94. The SMILES string of the molecule is CC(=O)c1ccc(N2CCN(C(=O)COC(=O)CCc3ccc4ccccc4n3)CC2)c(F)c1. The summed E-state index contributed by atoms with van der Waals surface area (Å²) in [6, 6.07) is 16.1. The van der Waals surface area contributed by atoms with Crippen LogP contribution >= 0.6 is 0 Å². The van der Waals surface area contributed by atoms with E-state index in [0.717, 1.165) is 16.6 Å². The maximum atomic E-state index is 14.4. The lowest BCUT2D eigenvalue weighted by molar-refractivity contribution is -0.152. The summed E-state index contributed by atoms with van der Waals surface area (Å²) in [5, 5.41) is 1.04. The first kappa shape index (κ1) is 23.4. The lowest BCUT2D eigenvalue weighted by Gasteiger charge is -2.36. The molecule has 34 heavy (non-hydrogen) atoms. The van der Waals surface area contributed by atoms with Gasteiger partial charge in [0.15, 0.2) is 12.4 Å². The summed E-state index contributed by atoms with van der Waals surface area (Å²) in [6.07, 6.45) is 0.576. The molecule has 0 atom stereocenters. The van der Waals surface area contributed by atoms with E-state index in [0.29, 0.717) is 43.9 Å². The number of carbonyl (C=O) groups excluding carboxylic acids is 3. The van der Waals surface area contributed by atoms with Crippen molar-refractivity contribution in [3.05, 3.63) is 71.7 Å². The molecular weight excluding hydrogens is 437 g/mol. The Hall–Kier alpha value is -3.81. The van der Waals surface area contributed by atoms with Crippen molar-refractivity contribution in [2.45, 2.75) is 19.8 Å². The number of hydrogen-bond donors (Lipinski definition) is 0. The molecule has 8 heteroatoms. The van der Waals surface area contributed by atoms with Gasteiger partial charge in [0.05, 0.1) is 17.6 Å². The van der Waals surface area contributed by atoms with E-state index in [2.05, 4.69) is 4.98 Å². The van der Waals surface area contributed by atoms with Crippen molar-refractivity contribution in [2.24, 2.45) is 0 Å². The molecule has 1 amide bonds. The molecular formula is C26H26FN3O4. The molecule has 0 radical (unpaired) electrons. The van der Waals surface area contributed by atoms with Gasteiger partial charge in [0.25, 0.3) is 5.91 Å². The molecule has 1 saturated heterocycles. The zero-order valence-electron chi connectivity index (χ0n) is 19.0. The third-order valence-corrected chi connectivity index (χ3v) is 5.93. The van der Waals surface area contributed by atoms with Crippen molar-refractivity contribution in [1.29, 1.82) is 0 Å². The second kappa shape index (κ2) is 10.4. The van der Waals surface area contributed by atoms with Gasteiger partial charge in [0.1, 0.15) is 5.82 Å². The second-order valence-electron chi connectivity index (χ2n) is 8.25. The lowest BCUT2D eigenvalue weighted by atomic mass is 10.1. The first-order chi connectivity index (χ1) is 16.4. The summed E-state index contributed by atoms with van der Waals surface area (Å²) in [5.74, 6) is -1.37. The average molecular weight is 464 g/mol. The Labute approximate surface area is 197 Å². The molecule has 0 unspecified atom stereocenters. The van der Waals surface area contributed by atoms with Gasteiger partial charge in [0.2, 0.25) is 0 Å². The molecule has 1 fully saturated rings. The number of aryl methyl sites for hydroxylation is 1. The van der Waals surface area contributed by atoms with Gasteiger partial charge in [-0.3, -0.25) is 19.4 Å². The zero-order valence-corrected chi connectivity index (χ0v) is 19.0. The molecule has 0 spiro atoms. The van der Waals surface area contributed by atoms with Crippen molar-refractivity contribution in [3.8, 4) is 0 Å². The lowest BCUT2D eigenvalue weighted by Crippen LogP contribution is -2.50. The summed E-state index contributed by atoms with van der Waals surface area (Å²) in [5.41, 5.74) is 2.40. The fraction of sp³-hybridized carbons (Fsp3) is 0.308. The van der Waals surface area contributed by atoms with Gasteiger partial charge in [-0.1, -0.05) is 24.3 Å². The van der Waals surface area contributed by atoms with Crippen molar-refractivity contribution in [1.82, 2.24) is 9.88 Å². The number of esters is 1. The Morgan fingerprint density at radius 3 is 2.50 bits per heavy atom. The number of hydrogen-bond acceptors (Lipinski definition) is 6. The molecule has 0 N–H and O–H groups in total. The predicted molar refractivity (Wildman–Crippen MR) is 126 cm³/mol. The van der Waals surface area contributed by atoms with Crippen LogP contribution in [0.2, 0.25) is 0 Å². The molecule has 1 aliphatic rings. The number of anilines is 1. The van der Waals surface area contributed by atoms with Gasteiger partial charge in [-0.2, -0.15) is 0 Å². The van der Waals surface area contributed by atoms with Gasteiger partial charge in [-0.25, -0.2) is 4.39 Å². The molecule has 7 nitrogen and oxygen atoms in total. The standard InChI is InChI=1S/C26H26FN3O4/c1-18(31)20-7-10-24(22(27)16-20)29-12-14-30(15-13-29)25(32)17-34-26(33)11-9-21-8-6-19-4-2-3-5-23(19)28-21/h2-8,10,16H,9,11-15,17H2,1H3. The number of ketones is 1. The van der Waals surface area contributed by atoms with Crippen LogP contribution in [0.4, 0.5) is 10.1 Å². The molecule has 2 aromatic carbocycles. The van der Waals surface area contributed by atoms with E-state index < -0.39 is 11.8 Å². The van der Waals surface area contributed by atoms with E-state index in [-0.39, 0.29) is 24.7 Å². The average Bonchev–Trinajstić information content (AvgIpc) is 2.86. The molecule has 3 aromatic rings. The van der Waals surface area contributed by atoms with Gasteiger partial charge >= 0.3 is 5.97 Å². The van der Waals surface area contributed by atoms with Crippen LogP contribution in [0.3, 0.4) is 0 Å². The van der Waals surface area contributed by atoms with Crippen molar-refractivity contribution >= 4 is 34.3 Å². The monoisotopic (exact) mass is 463 g/mol. The maximum absolute atomic E-state index is 14.4. The number of Topliss-reactive ketones (excluding diaryl/α,β-unsaturated/α-hetero) is 1. The number of para-hydroxylation sites is 1. The molecule has 2 heterocycles. The number of rotatable bonds is 7. The Morgan fingerprint density at radius 1 is 1.00 bits per heavy atom. The first-order valence-electron chi connectivity index (χ1n) is 11.2. The van der Waals surface area contributed by atoms with E-state index in [9.17, 15) is 18.8 Å². The molecule has 4 rings (SSSR count). The number of amides is 1. The van der Waals surface area contributed by atoms with Crippen LogP contribution in [0.25, 0.3) is 10.9 Å². The number of halogens is 1. The third-order valence-electron chi connectivity index (χ3n) is 5.93. The highest BCUT2D eigenvalue weighted by atomic mass is 19.1. The van der Waals surface area contributed by atoms with Crippen molar-refractivity contribution < 1.29 is 23.5 Å². The Morgan fingerprint density at radius 2 is 1.76 bits per heavy atom. The van der Waals surface area contributed by atoms with E-state index in [4.69, 9.17) is 4.74 Å². The highest BCUT2D eigenvalue weighted by Gasteiger charge is 2.24. The fourth-order valence-electron chi connectivity index (χ4n) is 3.96. The number of carbonyl (C=O) groups is 3. The van der Waals surface area contributed by atoms with Crippen LogP contribution in [-0.2, 0) is 20.7 Å². The summed E-state index contributed by atoms with van der Waals surface area (Å²) < 4.78 is 19.6. The largest absolute Gasteiger partial charge is 0.456 e. The maximum Gasteiger partial charge on any atom is 0.306 e. The Balaban J connectivity index is 1.21. The molecule has 0 aliphatic carbocycles. The molecule has 176 valence electrons. The normalized spacial score (nSPS) is 13.7. The minimum atomic E-state index is -0.456. The smallest absolute Gasteiger partial charge is 0.306 e. The zero-order chi connectivity index (χ0) is 24.1. The van der Waals surface area contributed by atoms with Crippen molar-refractivity contribution in [3.63, 3.8) is 0 Å². The minimum absolute atomic E-state index is 0.141. The summed E-state index contributed by atoms with van der Waals surface area (Å²) >= 11 is 0. The highest BCUT2D eigenvalue weighted by Crippen LogP contribution is 2.22. The first-order valence-corrected chi connectivity index (χ1v) is 11.2. The van der Waals surface area contributed by atoms with Crippen LogP contribution in [-0.4, -0.2) is 60.3 Å². The van der Waals surface area contributed by atoms with Gasteiger partial charge < -0.3 is 14.5 Å². The minimum Gasteiger partial charge on any atom is -0.456 e. The summed E-state index contributed by atoms with van der Waals surface area (Å²) in [6.45, 7) is 2.77. The van der Waals surface area contributed by atoms with Crippen LogP contribution in [0, 0.1) is 5.82 Å². The van der Waals surface area contributed by atoms with Gasteiger partial charge in [-0.05, 0) is 37.3 Å². The molecule has 0 bridgehead atoms. The second-order valence-corrected chi connectivity index (χ2v) is 8.25. The quantitative estimate of drug-likeness (QED) is 0.395. The van der Waals surface area contributed by atoms with Crippen LogP contribution < -0.4 is 4.90 Å². The fourth-order valence-corrected chi connectivity index (χ4v) is 3.96. The number of pyridine rings is 1. The number of ether oxygens (including phenoxy) is 1. The van der Waals surface area contributed by atoms with Crippen LogP contribution in [0.1, 0.15) is 29.4 Å². The predicted octanol–water partition coefficient (Wildman–Crippen LogP) is 3.40. The number of benzene rings is 2. The molecule has 1 aliphatic heterocycles. The number of aromatic nitrogens is 1. The van der Waals surface area contributed by atoms with E-state index >= 15 is 0 Å². The third kappa shape index (κ3) is 5.57. The number of nitrogens with zero attached hydrogens (tertiary/aromatic N) is 3. The van der Waals surface area contributed by atoms with Crippen LogP contribution in [0.15, 0.2) is 54.6 Å². The van der Waals surface area contributed by atoms with Crippen molar-refractivity contribution in [2.75, 3.05) is 37.7 Å². The number of piperazine rings is 1. The van der Waals surface area contributed by atoms with E-state index in [1.54, 1.807) is 17.0 Å². The topological polar surface area (TPSA) is 79.8 Å². The van der Waals surface area contributed by atoms with Gasteiger partial charge in [-0.15, -0.1) is 0 Å².